The standard InChI is InChI=1S/C17H22O3/c1-2-9-19-10-11-20-13-17(18)16-8-7-14-5-3-4-6-15(14)12-16/h3-8,12,17-18H,2,9-11,13H2,1H3. The van der Waals surface area contributed by atoms with Gasteiger partial charge in [0.25, 0.3) is 0 Å². The average molecular weight is 274 g/mol. The molecule has 0 heterocycles. The average Bonchev–Trinajstić information content (AvgIpc) is 2.50. The Bertz CT molecular complexity index is 524. The second kappa shape index (κ2) is 8.00. The van der Waals surface area contributed by atoms with Gasteiger partial charge in [0.2, 0.25) is 0 Å². The Labute approximate surface area is 120 Å². The monoisotopic (exact) mass is 274 g/mol. The van der Waals surface area contributed by atoms with E-state index in [1.165, 1.54) is 5.39 Å². The summed E-state index contributed by atoms with van der Waals surface area (Å²) in [5, 5.41) is 12.4. The molecule has 1 atom stereocenters. The molecule has 2 aromatic carbocycles. The molecule has 108 valence electrons. The molecule has 1 unspecified atom stereocenters. The summed E-state index contributed by atoms with van der Waals surface area (Å²) in [6, 6.07) is 14.1. The Balaban J connectivity index is 1.83. The molecule has 0 bridgehead atoms. The number of aliphatic hydroxyl groups excluding tert-OH is 1. The van der Waals surface area contributed by atoms with Crippen LogP contribution < -0.4 is 0 Å². The van der Waals surface area contributed by atoms with Crippen molar-refractivity contribution in [1.82, 2.24) is 0 Å². The smallest absolute Gasteiger partial charge is 0.102 e. The van der Waals surface area contributed by atoms with Crippen molar-refractivity contribution in [1.29, 1.82) is 0 Å². The first-order chi connectivity index (χ1) is 9.81. The van der Waals surface area contributed by atoms with E-state index in [9.17, 15) is 5.11 Å². The first-order valence-electron chi connectivity index (χ1n) is 7.13. The number of benzene rings is 2. The van der Waals surface area contributed by atoms with Crippen LogP contribution >= 0.6 is 0 Å². The predicted molar refractivity (Wildman–Crippen MR) is 80.8 cm³/mol. The molecule has 2 rings (SSSR count). The van der Waals surface area contributed by atoms with Crippen molar-refractivity contribution in [3.63, 3.8) is 0 Å². The van der Waals surface area contributed by atoms with Gasteiger partial charge >= 0.3 is 0 Å². The summed E-state index contributed by atoms with van der Waals surface area (Å²) in [4.78, 5) is 0. The third-order valence-corrected chi connectivity index (χ3v) is 3.15. The third-order valence-electron chi connectivity index (χ3n) is 3.15. The molecule has 0 aromatic heterocycles. The SMILES string of the molecule is CCCOCCOCC(O)c1ccc2ccccc2c1. The van der Waals surface area contributed by atoms with Crippen molar-refractivity contribution >= 4 is 10.8 Å². The summed E-state index contributed by atoms with van der Waals surface area (Å²) in [5.41, 5.74) is 0.887. The van der Waals surface area contributed by atoms with Gasteiger partial charge in [-0.05, 0) is 28.8 Å². The van der Waals surface area contributed by atoms with Crippen LogP contribution in [0, 0.1) is 0 Å². The van der Waals surface area contributed by atoms with E-state index >= 15 is 0 Å². The maximum atomic E-state index is 10.1. The second-order valence-electron chi connectivity index (χ2n) is 4.81. The maximum Gasteiger partial charge on any atom is 0.102 e. The summed E-state index contributed by atoms with van der Waals surface area (Å²) >= 11 is 0. The van der Waals surface area contributed by atoms with Crippen molar-refractivity contribution in [3.05, 3.63) is 48.0 Å². The van der Waals surface area contributed by atoms with Gasteiger partial charge in [0.1, 0.15) is 6.10 Å². The van der Waals surface area contributed by atoms with E-state index in [-0.39, 0.29) is 0 Å². The highest BCUT2D eigenvalue weighted by Crippen LogP contribution is 2.20. The Morgan fingerprint density at radius 1 is 0.950 bits per heavy atom. The molecule has 3 nitrogen and oxygen atoms in total. The highest BCUT2D eigenvalue weighted by atomic mass is 16.5. The number of rotatable bonds is 8. The highest BCUT2D eigenvalue weighted by Gasteiger charge is 2.08. The second-order valence-corrected chi connectivity index (χ2v) is 4.81. The molecule has 0 spiro atoms. The van der Waals surface area contributed by atoms with Crippen LogP contribution in [0.4, 0.5) is 0 Å². The van der Waals surface area contributed by atoms with E-state index in [4.69, 9.17) is 9.47 Å². The minimum Gasteiger partial charge on any atom is -0.386 e. The maximum absolute atomic E-state index is 10.1. The molecule has 3 heteroatoms. The van der Waals surface area contributed by atoms with Crippen LogP contribution in [0.25, 0.3) is 10.8 Å². The Kier molecular flexibility index (Phi) is 5.99. The van der Waals surface area contributed by atoms with E-state index in [0.717, 1.165) is 24.0 Å². The zero-order chi connectivity index (χ0) is 14.2. The van der Waals surface area contributed by atoms with Gasteiger partial charge in [0, 0.05) is 6.61 Å². The van der Waals surface area contributed by atoms with E-state index in [1.807, 2.05) is 36.4 Å². The molecule has 0 aliphatic heterocycles. The Hall–Kier alpha value is -1.42. The minimum absolute atomic E-state index is 0.299. The van der Waals surface area contributed by atoms with Gasteiger partial charge in [-0.2, -0.15) is 0 Å². The van der Waals surface area contributed by atoms with Crippen molar-refractivity contribution in [2.24, 2.45) is 0 Å². The highest BCUT2D eigenvalue weighted by molar-refractivity contribution is 5.83. The minimum atomic E-state index is -0.592. The van der Waals surface area contributed by atoms with Crippen molar-refractivity contribution in [2.45, 2.75) is 19.4 Å². The van der Waals surface area contributed by atoms with Crippen molar-refractivity contribution in [2.75, 3.05) is 26.4 Å². The lowest BCUT2D eigenvalue weighted by Gasteiger charge is -2.12. The van der Waals surface area contributed by atoms with Crippen LogP contribution in [0.1, 0.15) is 25.0 Å². The van der Waals surface area contributed by atoms with Crippen LogP contribution in [0.3, 0.4) is 0 Å². The summed E-state index contributed by atoms with van der Waals surface area (Å²) < 4.78 is 10.8. The predicted octanol–water partition coefficient (Wildman–Crippen LogP) is 3.32. The van der Waals surface area contributed by atoms with Crippen LogP contribution in [-0.4, -0.2) is 31.5 Å². The summed E-state index contributed by atoms with van der Waals surface area (Å²) in [6.45, 7) is 4.23. The molecule has 20 heavy (non-hydrogen) atoms. The van der Waals surface area contributed by atoms with Gasteiger partial charge in [0.15, 0.2) is 0 Å². The van der Waals surface area contributed by atoms with Crippen LogP contribution in [0.15, 0.2) is 42.5 Å². The molecule has 0 saturated heterocycles. The van der Waals surface area contributed by atoms with Crippen molar-refractivity contribution in [3.8, 4) is 0 Å². The summed E-state index contributed by atoms with van der Waals surface area (Å²) in [6.07, 6.45) is 0.422. The number of hydrogen-bond donors (Lipinski definition) is 1. The third kappa shape index (κ3) is 4.30. The Morgan fingerprint density at radius 2 is 1.70 bits per heavy atom. The topological polar surface area (TPSA) is 38.7 Å². The lowest BCUT2D eigenvalue weighted by Crippen LogP contribution is -2.11. The molecule has 0 fully saturated rings. The van der Waals surface area contributed by atoms with E-state index < -0.39 is 6.10 Å². The van der Waals surface area contributed by atoms with Gasteiger partial charge in [0.05, 0.1) is 19.8 Å². The molecule has 0 aliphatic rings. The Morgan fingerprint density at radius 3 is 2.50 bits per heavy atom. The first-order valence-corrected chi connectivity index (χ1v) is 7.13. The molecule has 0 aliphatic carbocycles. The largest absolute Gasteiger partial charge is 0.386 e. The molecule has 0 saturated carbocycles. The van der Waals surface area contributed by atoms with Gasteiger partial charge in [-0.25, -0.2) is 0 Å². The number of ether oxygens (including phenoxy) is 2. The zero-order valence-corrected chi connectivity index (χ0v) is 11.9. The number of hydrogen-bond acceptors (Lipinski definition) is 3. The fourth-order valence-corrected chi connectivity index (χ4v) is 2.07. The summed E-state index contributed by atoms with van der Waals surface area (Å²) in [7, 11) is 0. The van der Waals surface area contributed by atoms with Gasteiger partial charge in [-0.15, -0.1) is 0 Å². The van der Waals surface area contributed by atoms with Crippen molar-refractivity contribution < 1.29 is 14.6 Å². The van der Waals surface area contributed by atoms with E-state index in [0.29, 0.717) is 19.8 Å². The molecule has 0 amide bonds. The fraction of sp³-hybridized carbons (Fsp3) is 0.412. The zero-order valence-electron chi connectivity index (χ0n) is 11.9. The number of fused-ring (bicyclic) bond motifs is 1. The molecule has 1 N–H and O–H groups in total. The van der Waals surface area contributed by atoms with Crippen LogP contribution in [0.2, 0.25) is 0 Å². The van der Waals surface area contributed by atoms with Crippen LogP contribution in [0.5, 0.6) is 0 Å². The van der Waals surface area contributed by atoms with E-state index in [2.05, 4.69) is 13.0 Å². The van der Waals surface area contributed by atoms with Crippen LogP contribution in [-0.2, 0) is 9.47 Å². The molecule has 0 radical (unpaired) electrons. The molecular formula is C17H22O3. The summed E-state index contributed by atoms with van der Waals surface area (Å²) in [5.74, 6) is 0. The first kappa shape index (κ1) is 15.0. The van der Waals surface area contributed by atoms with E-state index in [1.54, 1.807) is 0 Å². The fourth-order valence-electron chi connectivity index (χ4n) is 2.07. The van der Waals surface area contributed by atoms with Gasteiger partial charge < -0.3 is 14.6 Å². The quantitative estimate of drug-likeness (QED) is 0.751. The number of aliphatic hydroxyl groups is 1. The lowest BCUT2D eigenvalue weighted by atomic mass is 10.0. The van der Waals surface area contributed by atoms with Gasteiger partial charge in [-0.3, -0.25) is 0 Å². The lowest BCUT2D eigenvalue weighted by molar-refractivity contribution is 0.00330. The van der Waals surface area contributed by atoms with Gasteiger partial charge in [-0.1, -0.05) is 43.3 Å². The normalized spacial score (nSPS) is 12.7. The molecule has 2 aromatic rings. The molecular weight excluding hydrogens is 252 g/mol.